The van der Waals surface area contributed by atoms with Gasteiger partial charge >= 0.3 is 11.9 Å². The van der Waals surface area contributed by atoms with Gasteiger partial charge in [0.05, 0.1) is 20.0 Å². The summed E-state index contributed by atoms with van der Waals surface area (Å²) in [7, 11) is 2.53. The van der Waals surface area contributed by atoms with Gasteiger partial charge in [-0.2, -0.15) is 0 Å². The first-order chi connectivity index (χ1) is 10.1. The number of ether oxygens (including phenoxy) is 2. The number of carbonyl (C=O) groups excluding carboxylic acids is 3. The molecule has 7 heteroatoms. The van der Waals surface area contributed by atoms with Crippen LogP contribution in [0.2, 0.25) is 0 Å². The van der Waals surface area contributed by atoms with E-state index < -0.39 is 18.0 Å². The Morgan fingerprint density at radius 1 is 1.14 bits per heavy atom. The van der Waals surface area contributed by atoms with E-state index in [0.717, 1.165) is 0 Å². The summed E-state index contributed by atoms with van der Waals surface area (Å²) in [6.07, 6.45) is 0. The largest absolute Gasteiger partial charge is 0.468 e. The van der Waals surface area contributed by atoms with Crippen molar-refractivity contribution < 1.29 is 23.9 Å². The van der Waals surface area contributed by atoms with Crippen LogP contribution in [-0.2, 0) is 19.1 Å². The van der Waals surface area contributed by atoms with Crippen LogP contribution in [0.1, 0.15) is 10.4 Å². The maximum atomic E-state index is 12.0. The number of thioether (sulfide) groups is 1. The van der Waals surface area contributed by atoms with Gasteiger partial charge in [-0.25, -0.2) is 4.79 Å². The Labute approximate surface area is 127 Å². The van der Waals surface area contributed by atoms with Gasteiger partial charge in [0.1, 0.15) is 6.04 Å². The molecule has 21 heavy (non-hydrogen) atoms. The van der Waals surface area contributed by atoms with Crippen molar-refractivity contribution in [1.82, 2.24) is 5.32 Å². The Bertz CT molecular complexity index is 491. The number of amides is 1. The number of hydrogen-bond acceptors (Lipinski definition) is 6. The molecule has 0 aliphatic carbocycles. The van der Waals surface area contributed by atoms with E-state index in [2.05, 4.69) is 14.8 Å². The molecule has 0 aromatic heterocycles. The summed E-state index contributed by atoms with van der Waals surface area (Å²) < 4.78 is 9.16. The zero-order valence-electron chi connectivity index (χ0n) is 11.8. The highest BCUT2D eigenvalue weighted by Crippen LogP contribution is 2.07. The Morgan fingerprint density at radius 2 is 1.81 bits per heavy atom. The van der Waals surface area contributed by atoms with Crippen LogP contribution in [-0.4, -0.2) is 49.6 Å². The Kier molecular flexibility index (Phi) is 7.31. The van der Waals surface area contributed by atoms with Crippen molar-refractivity contribution in [3.05, 3.63) is 35.9 Å². The summed E-state index contributed by atoms with van der Waals surface area (Å²) in [5, 5.41) is 2.59. The standard InChI is InChI=1S/C14H17NO5S/c1-19-12(16)9-21-8-11(14(18)20-2)15-13(17)10-6-4-3-5-7-10/h3-7,11H,8-9H2,1-2H3,(H,15,17)/t11-/m1/s1. The van der Waals surface area contributed by atoms with E-state index in [1.54, 1.807) is 30.3 Å². The molecule has 0 aliphatic heterocycles. The van der Waals surface area contributed by atoms with Crippen molar-refractivity contribution in [2.24, 2.45) is 0 Å². The average Bonchev–Trinajstić information content (AvgIpc) is 2.53. The van der Waals surface area contributed by atoms with Crippen molar-refractivity contribution in [3.63, 3.8) is 0 Å². The number of carbonyl (C=O) groups is 3. The highest BCUT2D eigenvalue weighted by molar-refractivity contribution is 8.00. The van der Waals surface area contributed by atoms with Crippen LogP contribution in [0.25, 0.3) is 0 Å². The van der Waals surface area contributed by atoms with Gasteiger partial charge < -0.3 is 14.8 Å². The first-order valence-corrected chi connectivity index (χ1v) is 7.32. The Balaban J connectivity index is 2.60. The van der Waals surface area contributed by atoms with E-state index in [4.69, 9.17) is 0 Å². The van der Waals surface area contributed by atoms with E-state index in [1.807, 2.05) is 0 Å². The predicted molar refractivity (Wildman–Crippen MR) is 79.1 cm³/mol. The lowest BCUT2D eigenvalue weighted by Gasteiger charge is -2.16. The lowest BCUT2D eigenvalue weighted by Crippen LogP contribution is -2.43. The molecule has 6 nitrogen and oxygen atoms in total. The summed E-state index contributed by atoms with van der Waals surface area (Å²) in [5.74, 6) is -0.995. The summed E-state index contributed by atoms with van der Waals surface area (Å²) in [4.78, 5) is 34.7. The van der Waals surface area contributed by atoms with Crippen molar-refractivity contribution >= 4 is 29.6 Å². The van der Waals surface area contributed by atoms with E-state index in [9.17, 15) is 14.4 Å². The summed E-state index contributed by atoms with van der Waals surface area (Å²) in [6, 6.07) is 7.72. The van der Waals surface area contributed by atoms with Crippen LogP contribution in [0.15, 0.2) is 30.3 Å². The number of benzene rings is 1. The highest BCUT2D eigenvalue weighted by atomic mass is 32.2. The van der Waals surface area contributed by atoms with Gasteiger partial charge in [-0.3, -0.25) is 9.59 Å². The smallest absolute Gasteiger partial charge is 0.329 e. The van der Waals surface area contributed by atoms with Crippen LogP contribution in [0.3, 0.4) is 0 Å². The fourth-order valence-corrected chi connectivity index (χ4v) is 2.32. The maximum absolute atomic E-state index is 12.0. The molecule has 0 saturated heterocycles. The molecule has 114 valence electrons. The molecule has 0 fully saturated rings. The minimum atomic E-state index is -0.822. The first kappa shape index (κ1) is 17.0. The van der Waals surface area contributed by atoms with Crippen molar-refractivity contribution in [2.45, 2.75) is 6.04 Å². The van der Waals surface area contributed by atoms with Gasteiger partial charge in [0.15, 0.2) is 0 Å². The number of methoxy groups -OCH3 is 2. The first-order valence-electron chi connectivity index (χ1n) is 6.16. The molecule has 0 spiro atoms. The maximum Gasteiger partial charge on any atom is 0.329 e. The minimum Gasteiger partial charge on any atom is -0.468 e. The molecular weight excluding hydrogens is 294 g/mol. The quantitative estimate of drug-likeness (QED) is 0.752. The molecule has 1 rings (SSSR count). The number of rotatable bonds is 7. The lowest BCUT2D eigenvalue weighted by atomic mass is 10.2. The molecular formula is C14H17NO5S. The van der Waals surface area contributed by atoms with E-state index in [-0.39, 0.29) is 17.4 Å². The molecule has 0 unspecified atom stereocenters. The van der Waals surface area contributed by atoms with Crippen molar-refractivity contribution in [3.8, 4) is 0 Å². The van der Waals surface area contributed by atoms with E-state index >= 15 is 0 Å². The molecule has 0 saturated carbocycles. The van der Waals surface area contributed by atoms with Crippen LogP contribution in [0.5, 0.6) is 0 Å². The normalized spacial score (nSPS) is 11.3. The summed E-state index contributed by atoms with van der Waals surface area (Å²) >= 11 is 1.18. The summed E-state index contributed by atoms with van der Waals surface area (Å²) in [5.41, 5.74) is 0.448. The Hall–Kier alpha value is -2.02. The van der Waals surface area contributed by atoms with Gasteiger partial charge in [-0.15, -0.1) is 11.8 Å². The monoisotopic (exact) mass is 311 g/mol. The third-order valence-electron chi connectivity index (χ3n) is 2.56. The topological polar surface area (TPSA) is 81.7 Å². The zero-order valence-corrected chi connectivity index (χ0v) is 12.6. The van der Waals surface area contributed by atoms with E-state index in [1.165, 1.54) is 26.0 Å². The van der Waals surface area contributed by atoms with Gasteiger partial charge in [-0.1, -0.05) is 18.2 Å². The molecule has 1 aromatic carbocycles. The van der Waals surface area contributed by atoms with Crippen LogP contribution >= 0.6 is 11.8 Å². The number of esters is 2. The molecule has 0 radical (unpaired) electrons. The number of hydrogen-bond donors (Lipinski definition) is 1. The lowest BCUT2D eigenvalue weighted by molar-refractivity contribution is -0.142. The number of nitrogens with one attached hydrogen (secondary N) is 1. The van der Waals surface area contributed by atoms with Gasteiger partial charge in [0.25, 0.3) is 5.91 Å². The zero-order chi connectivity index (χ0) is 15.7. The minimum absolute atomic E-state index is 0.102. The molecule has 1 atom stereocenters. The Morgan fingerprint density at radius 3 is 2.38 bits per heavy atom. The van der Waals surface area contributed by atoms with E-state index in [0.29, 0.717) is 5.56 Å². The van der Waals surface area contributed by atoms with Gasteiger partial charge in [0.2, 0.25) is 0 Å². The van der Waals surface area contributed by atoms with Crippen LogP contribution < -0.4 is 5.32 Å². The molecule has 1 aromatic rings. The molecule has 0 heterocycles. The molecule has 0 bridgehead atoms. The van der Waals surface area contributed by atoms with Crippen molar-refractivity contribution in [1.29, 1.82) is 0 Å². The molecule has 1 N–H and O–H groups in total. The molecule has 0 aliphatic rings. The summed E-state index contributed by atoms with van der Waals surface area (Å²) in [6.45, 7) is 0. The van der Waals surface area contributed by atoms with Gasteiger partial charge in [-0.05, 0) is 12.1 Å². The van der Waals surface area contributed by atoms with Crippen LogP contribution in [0, 0.1) is 0 Å². The fraction of sp³-hybridized carbons (Fsp3) is 0.357. The highest BCUT2D eigenvalue weighted by Gasteiger charge is 2.22. The average molecular weight is 311 g/mol. The van der Waals surface area contributed by atoms with Crippen molar-refractivity contribution in [2.75, 3.05) is 25.7 Å². The van der Waals surface area contributed by atoms with Crippen LogP contribution in [0.4, 0.5) is 0 Å². The van der Waals surface area contributed by atoms with Gasteiger partial charge in [0, 0.05) is 11.3 Å². The SMILES string of the molecule is COC(=O)CSC[C@@H](NC(=O)c1ccccc1)C(=O)OC. The predicted octanol–water partition coefficient (Wildman–Crippen LogP) is 0.864. The second-order valence-electron chi connectivity index (χ2n) is 4.01. The fourth-order valence-electron chi connectivity index (χ4n) is 1.46. The second-order valence-corrected chi connectivity index (χ2v) is 5.04. The third-order valence-corrected chi connectivity index (χ3v) is 3.57. The molecule has 1 amide bonds. The third kappa shape index (κ3) is 5.86. The second kappa shape index (κ2) is 9.02.